The Hall–Kier alpha value is -3.10. The van der Waals surface area contributed by atoms with Gasteiger partial charge in [-0.1, -0.05) is 6.07 Å². The lowest BCUT2D eigenvalue weighted by molar-refractivity contribution is -0.137. The molecule has 0 unspecified atom stereocenters. The number of carbonyl (C=O) groups excluding carboxylic acids is 1. The summed E-state index contributed by atoms with van der Waals surface area (Å²) in [7, 11) is 0. The summed E-state index contributed by atoms with van der Waals surface area (Å²) in [6.07, 6.45) is -2.34. The molecule has 0 spiro atoms. The summed E-state index contributed by atoms with van der Waals surface area (Å²) in [6.45, 7) is 0.507. The van der Waals surface area contributed by atoms with Crippen molar-refractivity contribution in [3.05, 3.63) is 63.9 Å². The number of rotatable bonds is 4. The smallest absolute Gasteiger partial charge is 0.312 e. The number of aromatic amines is 1. The van der Waals surface area contributed by atoms with Crippen molar-refractivity contribution in [3.8, 4) is 0 Å². The molecule has 0 saturated heterocycles. The van der Waals surface area contributed by atoms with E-state index in [9.17, 15) is 22.8 Å². The maximum absolute atomic E-state index is 12.6. The molecule has 142 valence electrons. The molecular formula is C18H17F3N4O2. The van der Waals surface area contributed by atoms with Crippen molar-refractivity contribution in [1.82, 2.24) is 10.3 Å². The Bertz CT molecular complexity index is 900. The fourth-order valence-electron chi connectivity index (χ4n) is 2.27. The maximum atomic E-state index is 12.6. The highest BCUT2D eigenvalue weighted by molar-refractivity contribution is 6.09. The molecule has 1 amide bonds. The van der Waals surface area contributed by atoms with Crippen LogP contribution in [0.4, 0.5) is 19.0 Å². The number of H-pyrrole nitrogens is 1. The van der Waals surface area contributed by atoms with Crippen LogP contribution in [0.1, 0.15) is 28.8 Å². The Morgan fingerprint density at radius 3 is 2.44 bits per heavy atom. The van der Waals surface area contributed by atoms with Crippen molar-refractivity contribution in [1.29, 1.82) is 0 Å². The summed E-state index contributed by atoms with van der Waals surface area (Å²) < 4.78 is 37.9. The highest BCUT2D eigenvalue weighted by Gasteiger charge is 2.30. The maximum Gasteiger partial charge on any atom is 0.416 e. The van der Waals surface area contributed by atoms with E-state index in [1.165, 1.54) is 12.1 Å². The van der Waals surface area contributed by atoms with Crippen LogP contribution in [0.15, 0.2) is 52.3 Å². The Morgan fingerprint density at radius 2 is 1.85 bits per heavy atom. The van der Waals surface area contributed by atoms with Crippen LogP contribution in [0, 0.1) is 5.92 Å². The van der Waals surface area contributed by atoms with E-state index in [4.69, 9.17) is 0 Å². The number of guanidine groups is 1. The van der Waals surface area contributed by atoms with Crippen LogP contribution in [0.3, 0.4) is 0 Å². The molecular weight excluding hydrogens is 361 g/mol. The third-order valence-corrected chi connectivity index (χ3v) is 3.93. The zero-order valence-corrected chi connectivity index (χ0v) is 14.1. The molecule has 1 aliphatic rings. The van der Waals surface area contributed by atoms with Gasteiger partial charge in [-0.25, -0.2) is 0 Å². The third-order valence-electron chi connectivity index (χ3n) is 3.93. The lowest BCUT2D eigenvalue weighted by Crippen LogP contribution is -2.37. The lowest BCUT2D eigenvalue weighted by atomic mass is 10.1. The monoisotopic (exact) mass is 378 g/mol. The van der Waals surface area contributed by atoms with Gasteiger partial charge in [0.2, 0.25) is 11.5 Å². The van der Waals surface area contributed by atoms with Gasteiger partial charge >= 0.3 is 6.18 Å². The number of aliphatic imine (C=N–C) groups is 1. The van der Waals surface area contributed by atoms with Crippen LogP contribution in [0.25, 0.3) is 0 Å². The quantitative estimate of drug-likeness (QED) is 0.565. The number of nitrogens with one attached hydrogen (secondary N) is 3. The van der Waals surface area contributed by atoms with Gasteiger partial charge in [0.25, 0.3) is 5.91 Å². The summed E-state index contributed by atoms with van der Waals surface area (Å²) in [4.78, 5) is 30.6. The molecule has 0 atom stereocenters. The highest BCUT2D eigenvalue weighted by Crippen LogP contribution is 2.29. The van der Waals surface area contributed by atoms with Gasteiger partial charge in [-0.3, -0.25) is 19.9 Å². The summed E-state index contributed by atoms with van der Waals surface area (Å²) in [5.74, 6) is 0.307. The second-order valence-corrected chi connectivity index (χ2v) is 6.22. The molecule has 3 N–H and O–H groups in total. The van der Waals surface area contributed by atoms with Crippen LogP contribution in [-0.4, -0.2) is 23.4 Å². The molecule has 1 aromatic carbocycles. The Labute approximate surface area is 152 Å². The molecule has 1 fully saturated rings. The fourth-order valence-corrected chi connectivity index (χ4v) is 2.27. The van der Waals surface area contributed by atoms with E-state index in [-0.39, 0.29) is 17.1 Å². The van der Waals surface area contributed by atoms with Crippen LogP contribution in [0.2, 0.25) is 0 Å². The second-order valence-electron chi connectivity index (χ2n) is 6.22. The van der Waals surface area contributed by atoms with E-state index >= 15 is 0 Å². The number of halogens is 3. The first-order valence-corrected chi connectivity index (χ1v) is 8.31. The van der Waals surface area contributed by atoms with E-state index in [2.05, 4.69) is 20.6 Å². The van der Waals surface area contributed by atoms with E-state index in [1.807, 2.05) is 0 Å². The van der Waals surface area contributed by atoms with Crippen LogP contribution in [-0.2, 0) is 6.18 Å². The topological polar surface area (TPSA) is 86.3 Å². The van der Waals surface area contributed by atoms with Crippen molar-refractivity contribution < 1.29 is 18.0 Å². The average molecular weight is 378 g/mol. The second kappa shape index (κ2) is 7.65. The van der Waals surface area contributed by atoms with Crippen molar-refractivity contribution in [2.45, 2.75) is 19.0 Å². The third kappa shape index (κ3) is 5.44. The number of pyridine rings is 1. The minimum absolute atomic E-state index is 0.0606. The molecule has 27 heavy (non-hydrogen) atoms. The van der Waals surface area contributed by atoms with E-state index in [0.717, 1.165) is 37.1 Å². The Balaban J connectivity index is 1.73. The summed E-state index contributed by atoms with van der Waals surface area (Å²) in [6, 6.07) is 8.36. The van der Waals surface area contributed by atoms with Gasteiger partial charge in [-0.15, -0.1) is 0 Å². The van der Waals surface area contributed by atoms with Gasteiger partial charge < -0.3 is 10.3 Å². The minimum atomic E-state index is -4.47. The number of anilines is 1. The number of amides is 1. The van der Waals surface area contributed by atoms with Crippen molar-refractivity contribution in [2.24, 2.45) is 10.9 Å². The molecule has 0 radical (unpaired) electrons. The van der Waals surface area contributed by atoms with E-state index in [1.54, 1.807) is 6.07 Å². The first-order chi connectivity index (χ1) is 12.8. The molecule has 1 saturated carbocycles. The Kier molecular flexibility index (Phi) is 5.29. The van der Waals surface area contributed by atoms with Crippen molar-refractivity contribution in [3.63, 3.8) is 0 Å². The molecule has 1 aromatic heterocycles. The van der Waals surface area contributed by atoms with Crippen LogP contribution < -0.4 is 16.2 Å². The standard InChI is InChI=1S/C18H17F3N4O2/c19-18(20,21)13-8-6-12(7-9-13)16(27)25-17(22-10-11-4-5-11)24-14-2-1-3-15(26)23-14/h1-3,6-9,11H,4-5,10H2,(H3,22,23,24,25,26,27). The van der Waals surface area contributed by atoms with E-state index in [0.29, 0.717) is 18.3 Å². The van der Waals surface area contributed by atoms with Crippen molar-refractivity contribution in [2.75, 3.05) is 11.9 Å². The largest absolute Gasteiger partial charge is 0.416 e. The SMILES string of the molecule is O=C(NC(=NCC1CC1)Nc1cccc(=O)[nH]1)c1ccc(C(F)(F)F)cc1. The molecule has 1 aliphatic carbocycles. The predicted molar refractivity (Wildman–Crippen MR) is 94.6 cm³/mol. The summed E-state index contributed by atoms with van der Waals surface area (Å²) >= 11 is 0. The van der Waals surface area contributed by atoms with Gasteiger partial charge in [0, 0.05) is 18.2 Å². The predicted octanol–water partition coefficient (Wildman–Crippen LogP) is 3.00. The number of nitrogens with zero attached hydrogens (tertiary/aromatic N) is 1. The first kappa shape index (κ1) is 18.7. The van der Waals surface area contributed by atoms with Crippen LogP contribution in [0.5, 0.6) is 0 Å². The fraction of sp³-hybridized carbons (Fsp3) is 0.278. The molecule has 2 aromatic rings. The number of aromatic nitrogens is 1. The normalized spacial score (nSPS) is 14.7. The number of benzene rings is 1. The summed E-state index contributed by atoms with van der Waals surface area (Å²) in [5, 5.41) is 5.36. The first-order valence-electron chi connectivity index (χ1n) is 8.31. The Morgan fingerprint density at radius 1 is 1.15 bits per heavy atom. The lowest BCUT2D eigenvalue weighted by Gasteiger charge is -2.12. The number of carbonyl (C=O) groups is 1. The molecule has 3 rings (SSSR count). The van der Waals surface area contributed by atoms with Gasteiger partial charge in [0.1, 0.15) is 5.82 Å². The zero-order chi connectivity index (χ0) is 19.4. The molecule has 0 aliphatic heterocycles. The number of hydrogen-bond donors (Lipinski definition) is 3. The zero-order valence-electron chi connectivity index (χ0n) is 14.1. The highest BCUT2D eigenvalue weighted by atomic mass is 19.4. The van der Waals surface area contributed by atoms with Gasteiger partial charge in [0.05, 0.1) is 5.56 Å². The van der Waals surface area contributed by atoms with Crippen molar-refractivity contribution >= 4 is 17.7 Å². The number of alkyl halides is 3. The molecule has 0 bridgehead atoms. The average Bonchev–Trinajstić information content (AvgIpc) is 3.43. The van der Waals surface area contributed by atoms with Gasteiger partial charge in [-0.2, -0.15) is 13.2 Å². The van der Waals surface area contributed by atoms with E-state index < -0.39 is 17.6 Å². The molecule has 1 heterocycles. The molecule has 6 nitrogen and oxygen atoms in total. The van der Waals surface area contributed by atoms with Crippen LogP contribution >= 0.6 is 0 Å². The summed E-state index contributed by atoms with van der Waals surface area (Å²) in [5.41, 5.74) is -1.09. The minimum Gasteiger partial charge on any atom is -0.312 e. The number of hydrogen-bond acceptors (Lipinski definition) is 3. The van der Waals surface area contributed by atoms with Gasteiger partial charge in [0.15, 0.2) is 0 Å². The molecule has 9 heteroatoms. The van der Waals surface area contributed by atoms with Gasteiger partial charge in [-0.05, 0) is 49.1 Å².